The van der Waals surface area contributed by atoms with E-state index in [2.05, 4.69) is 10.0 Å². The number of nitrogens with two attached hydrogens (primary N) is 1. The van der Waals surface area contributed by atoms with Gasteiger partial charge in [0.25, 0.3) is 0 Å². The Balaban J connectivity index is 0.00000576. The van der Waals surface area contributed by atoms with Crippen LogP contribution in [-0.4, -0.2) is 33.0 Å². The molecule has 1 aromatic rings. The summed E-state index contributed by atoms with van der Waals surface area (Å²) in [4.78, 5) is 11.6. The van der Waals surface area contributed by atoms with Gasteiger partial charge in [0, 0.05) is 25.0 Å². The zero-order chi connectivity index (χ0) is 18.4. The summed E-state index contributed by atoms with van der Waals surface area (Å²) >= 11 is 0. The van der Waals surface area contributed by atoms with Crippen LogP contribution in [0.1, 0.15) is 33.6 Å². The minimum Gasteiger partial charge on any atom is -0.350 e. The normalized spacial score (nSPS) is 13.8. The summed E-state index contributed by atoms with van der Waals surface area (Å²) in [6, 6.07) is 5.08. The van der Waals surface area contributed by atoms with Gasteiger partial charge in [-0.05, 0) is 31.4 Å². The lowest BCUT2D eigenvalue weighted by atomic mass is 9.90. The predicted octanol–water partition coefficient (Wildman–Crippen LogP) is 1.80. The fourth-order valence-electron chi connectivity index (χ4n) is 2.52. The monoisotopic (exact) mass is 395 g/mol. The van der Waals surface area contributed by atoms with Crippen LogP contribution < -0.4 is 15.8 Å². The molecule has 6 nitrogen and oxygen atoms in total. The lowest BCUT2D eigenvalue weighted by molar-refractivity contribution is -0.122. The second-order valence-electron chi connectivity index (χ2n) is 6.49. The Morgan fingerprint density at radius 2 is 1.92 bits per heavy atom. The van der Waals surface area contributed by atoms with Crippen LogP contribution in [0.3, 0.4) is 0 Å². The van der Waals surface area contributed by atoms with Gasteiger partial charge in [-0.2, -0.15) is 0 Å². The first-order chi connectivity index (χ1) is 11.1. The highest BCUT2D eigenvalue weighted by molar-refractivity contribution is 7.89. The Labute approximate surface area is 155 Å². The SMILES string of the molecule is CC(C)CC(C)(CN)NC(=O)CCNS(=O)(=O)c1ccccc1F.Cl. The summed E-state index contributed by atoms with van der Waals surface area (Å²) in [7, 11) is -3.98. The molecule has 144 valence electrons. The number of halogens is 2. The molecule has 0 aliphatic rings. The predicted molar refractivity (Wildman–Crippen MR) is 98.5 cm³/mol. The third-order valence-electron chi connectivity index (χ3n) is 3.52. The van der Waals surface area contributed by atoms with E-state index in [0.29, 0.717) is 5.92 Å². The standard InChI is InChI=1S/C16H26FN3O3S.ClH/c1-12(2)10-16(3,11-18)20-15(21)8-9-19-24(22,23)14-7-5-4-6-13(14)17;/h4-7,12,19H,8-11,18H2,1-3H3,(H,20,21);1H. The van der Waals surface area contributed by atoms with E-state index < -0.39 is 26.3 Å². The van der Waals surface area contributed by atoms with E-state index in [1.54, 1.807) is 0 Å². The maximum Gasteiger partial charge on any atom is 0.243 e. The van der Waals surface area contributed by atoms with Crippen molar-refractivity contribution in [2.45, 2.75) is 44.0 Å². The molecule has 1 rings (SSSR count). The Morgan fingerprint density at radius 3 is 2.44 bits per heavy atom. The fourth-order valence-corrected chi connectivity index (χ4v) is 3.63. The van der Waals surface area contributed by atoms with E-state index in [-0.39, 0.29) is 37.8 Å². The van der Waals surface area contributed by atoms with Crippen LogP contribution in [0.25, 0.3) is 0 Å². The molecule has 1 atom stereocenters. The molecule has 0 bridgehead atoms. The van der Waals surface area contributed by atoms with Crippen molar-refractivity contribution in [3.8, 4) is 0 Å². The zero-order valence-electron chi connectivity index (χ0n) is 14.7. The number of hydrogen-bond acceptors (Lipinski definition) is 4. The number of carbonyl (C=O) groups excluding carboxylic acids is 1. The average molecular weight is 396 g/mol. The minimum absolute atomic E-state index is 0. The lowest BCUT2D eigenvalue weighted by Crippen LogP contribution is -2.52. The molecule has 0 aromatic heterocycles. The van der Waals surface area contributed by atoms with Gasteiger partial charge in [-0.25, -0.2) is 17.5 Å². The first-order valence-corrected chi connectivity index (χ1v) is 9.33. The van der Waals surface area contributed by atoms with Crippen molar-refractivity contribution in [1.82, 2.24) is 10.0 Å². The number of benzene rings is 1. The highest BCUT2D eigenvalue weighted by atomic mass is 35.5. The van der Waals surface area contributed by atoms with Crippen molar-refractivity contribution in [3.05, 3.63) is 30.1 Å². The van der Waals surface area contributed by atoms with E-state index in [9.17, 15) is 17.6 Å². The molecule has 0 spiro atoms. The Bertz CT molecular complexity index is 670. The molecule has 0 radical (unpaired) electrons. The third kappa shape index (κ3) is 7.68. The largest absolute Gasteiger partial charge is 0.350 e. The lowest BCUT2D eigenvalue weighted by Gasteiger charge is -2.31. The van der Waals surface area contributed by atoms with Crippen LogP contribution in [0.2, 0.25) is 0 Å². The Morgan fingerprint density at radius 1 is 1.32 bits per heavy atom. The molecule has 0 heterocycles. The molecule has 1 amide bonds. The van der Waals surface area contributed by atoms with Crippen molar-refractivity contribution in [1.29, 1.82) is 0 Å². The molecule has 0 aliphatic heterocycles. The highest BCUT2D eigenvalue weighted by Crippen LogP contribution is 2.15. The molecule has 0 aliphatic carbocycles. The summed E-state index contributed by atoms with van der Waals surface area (Å²) in [5.41, 5.74) is 5.19. The van der Waals surface area contributed by atoms with Gasteiger partial charge in [0.1, 0.15) is 10.7 Å². The number of carbonyl (C=O) groups is 1. The highest BCUT2D eigenvalue weighted by Gasteiger charge is 2.26. The van der Waals surface area contributed by atoms with E-state index in [4.69, 9.17) is 5.73 Å². The van der Waals surface area contributed by atoms with Crippen LogP contribution in [0.5, 0.6) is 0 Å². The topological polar surface area (TPSA) is 101 Å². The van der Waals surface area contributed by atoms with E-state index in [0.717, 1.165) is 12.5 Å². The molecule has 0 saturated heterocycles. The number of rotatable bonds is 9. The van der Waals surface area contributed by atoms with Crippen LogP contribution in [0.4, 0.5) is 4.39 Å². The van der Waals surface area contributed by atoms with Crippen molar-refractivity contribution in [2.75, 3.05) is 13.1 Å². The van der Waals surface area contributed by atoms with Gasteiger partial charge in [0.05, 0.1) is 0 Å². The second kappa shape index (κ2) is 10.1. The first kappa shape index (κ1) is 23.8. The molecule has 1 unspecified atom stereocenters. The number of hydrogen-bond donors (Lipinski definition) is 3. The second-order valence-corrected chi connectivity index (χ2v) is 8.22. The van der Waals surface area contributed by atoms with Gasteiger partial charge in [-0.3, -0.25) is 4.79 Å². The van der Waals surface area contributed by atoms with Crippen LogP contribution in [-0.2, 0) is 14.8 Å². The molecule has 0 fully saturated rings. The zero-order valence-corrected chi connectivity index (χ0v) is 16.3. The molecule has 9 heteroatoms. The quantitative estimate of drug-likeness (QED) is 0.593. The first-order valence-electron chi connectivity index (χ1n) is 7.85. The van der Waals surface area contributed by atoms with E-state index >= 15 is 0 Å². The number of sulfonamides is 1. The van der Waals surface area contributed by atoms with E-state index in [1.165, 1.54) is 18.2 Å². The average Bonchev–Trinajstić information content (AvgIpc) is 2.46. The maximum atomic E-state index is 13.5. The van der Waals surface area contributed by atoms with Crippen LogP contribution >= 0.6 is 12.4 Å². The molecular weight excluding hydrogens is 369 g/mol. The molecule has 25 heavy (non-hydrogen) atoms. The van der Waals surface area contributed by atoms with Crippen molar-refractivity contribution < 1.29 is 17.6 Å². The third-order valence-corrected chi connectivity index (χ3v) is 5.02. The fraction of sp³-hybridized carbons (Fsp3) is 0.562. The van der Waals surface area contributed by atoms with Gasteiger partial charge in [-0.15, -0.1) is 12.4 Å². The van der Waals surface area contributed by atoms with Crippen molar-refractivity contribution >= 4 is 28.3 Å². The minimum atomic E-state index is -3.98. The van der Waals surface area contributed by atoms with E-state index in [1.807, 2.05) is 20.8 Å². The van der Waals surface area contributed by atoms with Gasteiger partial charge in [-0.1, -0.05) is 26.0 Å². The van der Waals surface area contributed by atoms with Crippen LogP contribution in [0.15, 0.2) is 29.2 Å². The van der Waals surface area contributed by atoms with Gasteiger partial charge >= 0.3 is 0 Å². The smallest absolute Gasteiger partial charge is 0.243 e. The van der Waals surface area contributed by atoms with Gasteiger partial charge < -0.3 is 11.1 Å². The summed E-state index contributed by atoms with van der Waals surface area (Å²) in [6.45, 7) is 6.09. The Hall–Kier alpha value is -1.22. The molecule has 0 saturated carbocycles. The summed E-state index contributed by atoms with van der Waals surface area (Å²) in [6.07, 6.45) is 0.664. The summed E-state index contributed by atoms with van der Waals surface area (Å²) < 4.78 is 39.8. The maximum absolute atomic E-state index is 13.5. The summed E-state index contributed by atoms with van der Waals surface area (Å²) in [5, 5.41) is 2.84. The molecular formula is C16H27ClFN3O3S. The number of nitrogens with one attached hydrogen (secondary N) is 2. The van der Waals surface area contributed by atoms with Crippen molar-refractivity contribution in [3.63, 3.8) is 0 Å². The van der Waals surface area contributed by atoms with Crippen molar-refractivity contribution in [2.24, 2.45) is 11.7 Å². The molecule has 1 aromatic carbocycles. The van der Waals surface area contributed by atoms with Crippen LogP contribution in [0, 0.1) is 11.7 Å². The molecule has 4 N–H and O–H groups in total. The van der Waals surface area contributed by atoms with Gasteiger partial charge in [0.2, 0.25) is 15.9 Å². The summed E-state index contributed by atoms with van der Waals surface area (Å²) in [5.74, 6) is -0.777. The number of amides is 1. The Kier molecular flexibility index (Phi) is 9.57. The van der Waals surface area contributed by atoms with Gasteiger partial charge in [0.15, 0.2) is 0 Å².